The lowest BCUT2D eigenvalue weighted by Crippen LogP contribution is -1.95. The molecule has 0 N–H and O–H groups in total. The smallest absolute Gasteiger partial charge is 0.235 e. The Morgan fingerprint density at radius 3 is 2.64 bits per heavy atom. The van der Waals surface area contributed by atoms with E-state index in [1.807, 2.05) is 46.6 Å². The number of para-hydroxylation sites is 1. The number of aromatic nitrogens is 4. The first-order chi connectivity index (χ1) is 12.3. The van der Waals surface area contributed by atoms with Gasteiger partial charge in [-0.05, 0) is 17.7 Å². The van der Waals surface area contributed by atoms with E-state index in [0.29, 0.717) is 0 Å². The van der Waals surface area contributed by atoms with Gasteiger partial charge < -0.3 is 4.74 Å². The molecule has 7 heteroatoms. The van der Waals surface area contributed by atoms with Crippen molar-refractivity contribution >= 4 is 28.1 Å². The summed E-state index contributed by atoms with van der Waals surface area (Å²) in [5, 5.41) is 14.1. The third kappa shape index (κ3) is 3.38. The molecular weight excluding hydrogens is 352 g/mol. The Labute approximate surface area is 153 Å². The topological polar surface area (TPSA) is 52.3 Å². The minimum Gasteiger partial charge on any atom is -0.496 e. The van der Waals surface area contributed by atoms with Crippen molar-refractivity contribution in [3.8, 4) is 16.3 Å². The van der Waals surface area contributed by atoms with E-state index >= 15 is 0 Å². The van der Waals surface area contributed by atoms with Crippen molar-refractivity contribution in [1.82, 2.24) is 19.8 Å². The summed E-state index contributed by atoms with van der Waals surface area (Å²) in [4.78, 5) is 0.802. The van der Waals surface area contributed by atoms with Gasteiger partial charge >= 0.3 is 0 Å². The van der Waals surface area contributed by atoms with Gasteiger partial charge in [-0.25, -0.2) is 0 Å². The highest BCUT2D eigenvalue weighted by molar-refractivity contribution is 7.97. The van der Waals surface area contributed by atoms with Gasteiger partial charge in [0.05, 0.1) is 18.4 Å². The number of ether oxygens (including phenoxy) is 1. The molecule has 0 aliphatic carbocycles. The molecule has 0 unspecified atom stereocenters. The summed E-state index contributed by atoms with van der Waals surface area (Å²) < 4.78 is 7.27. The summed E-state index contributed by atoms with van der Waals surface area (Å²) in [7, 11) is 1.67. The largest absolute Gasteiger partial charge is 0.496 e. The van der Waals surface area contributed by atoms with Gasteiger partial charge in [-0.1, -0.05) is 53.8 Å². The minimum atomic E-state index is 0.769. The fourth-order valence-corrected chi connectivity index (χ4v) is 4.29. The lowest BCUT2D eigenvalue weighted by molar-refractivity contribution is 0.416. The van der Waals surface area contributed by atoms with Gasteiger partial charge in [-0.15, -0.1) is 22.0 Å². The second kappa shape index (κ2) is 7.25. The van der Waals surface area contributed by atoms with E-state index in [9.17, 15) is 0 Å². The van der Waals surface area contributed by atoms with Crippen LogP contribution < -0.4 is 4.74 Å². The molecule has 0 bridgehead atoms. The molecule has 2 heterocycles. The average molecular weight is 368 g/mol. The molecule has 2 aromatic heterocycles. The Morgan fingerprint density at radius 2 is 1.80 bits per heavy atom. The normalized spacial score (nSPS) is 11.1. The van der Waals surface area contributed by atoms with E-state index < -0.39 is 0 Å². The number of fused-ring (bicyclic) bond motifs is 1. The second-order valence-corrected chi connectivity index (χ2v) is 7.34. The Kier molecular flexibility index (Phi) is 4.67. The molecule has 0 saturated carbocycles. The second-order valence-electron chi connectivity index (χ2n) is 5.40. The molecule has 0 saturated heterocycles. The zero-order valence-electron chi connectivity index (χ0n) is 13.6. The van der Waals surface area contributed by atoms with Crippen molar-refractivity contribution in [2.45, 2.75) is 11.5 Å². The van der Waals surface area contributed by atoms with Crippen LogP contribution in [0.3, 0.4) is 0 Å². The molecule has 25 heavy (non-hydrogen) atoms. The highest BCUT2D eigenvalue weighted by Crippen LogP contribution is 2.33. The van der Waals surface area contributed by atoms with Crippen molar-refractivity contribution in [2.75, 3.05) is 7.11 Å². The summed E-state index contributed by atoms with van der Waals surface area (Å²) in [6.07, 6.45) is 0. The molecule has 0 atom stereocenters. The van der Waals surface area contributed by atoms with Gasteiger partial charge in [-0.2, -0.15) is 9.61 Å². The van der Waals surface area contributed by atoms with Crippen LogP contribution in [-0.4, -0.2) is 26.9 Å². The first-order valence-corrected chi connectivity index (χ1v) is 9.78. The van der Waals surface area contributed by atoms with E-state index in [-0.39, 0.29) is 0 Å². The van der Waals surface area contributed by atoms with Crippen molar-refractivity contribution in [3.05, 3.63) is 66.0 Å². The number of benzene rings is 2. The maximum atomic E-state index is 5.43. The Hall–Kier alpha value is -2.38. The maximum absolute atomic E-state index is 5.43. The number of rotatable bonds is 6. The summed E-state index contributed by atoms with van der Waals surface area (Å²) >= 11 is 3.33. The summed E-state index contributed by atoms with van der Waals surface area (Å²) in [5.74, 6) is 3.39. The lowest BCUT2D eigenvalue weighted by atomic mass is 10.2. The van der Waals surface area contributed by atoms with Crippen LogP contribution >= 0.6 is 23.1 Å². The maximum Gasteiger partial charge on any atom is 0.235 e. The van der Waals surface area contributed by atoms with Gasteiger partial charge in [0.25, 0.3) is 0 Å². The number of thioether (sulfide) groups is 1. The quantitative estimate of drug-likeness (QED) is 0.508. The van der Waals surface area contributed by atoms with Crippen LogP contribution in [-0.2, 0) is 11.5 Å². The van der Waals surface area contributed by atoms with Crippen molar-refractivity contribution in [3.63, 3.8) is 0 Å². The van der Waals surface area contributed by atoms with Gasteiger partial charge in [0.1, 0.15) is 5.75 Å². The van der Waals surface area contributed by atoms with Gasteiger partial charge in [0.15, 0.2) is 10.8 Å². The summed E-state index contributed by atoms with van der Waals surface area (Å²) in [6, 6.07) is 18.3. The van der Waals surface area contributed by atoms with Crippen molar-refractivity contribution in [2.24, 2.45) is 0 Å². The Balaban J connectivity index is 1.54. The van der Waals surface area contributed by atoms with Crippen LogP contribution in [0.25, 0.3) is 15.5 Å². The zero-order valence-corrected chi connectivity index (χ0v) is 15.3. The fraction of sp³-hybridized carbons (Fsp3) is 0.167. The molecule has 0 spiro atoms. The van der Waals surface area contributed by atoms with E-state index in [1.165, 1.54) is 16.9 Å². The predicted molar refractivity (Wildman–Crippen MR) is 102 cm³/mol. The number of hydrogen-bond donors (Lipinski definition) is 0. The van der Waals surface area contributed by atoms with Crippen molar-refractivity contribution in [1.29, 1.82) is 0 Å². The standard InChI is InChI=1S/C18H16N4OS2/c1-23-15-10-6-5-9-14(15)17-21-22-16(19-20-18(22)25-17)12-24-11-13-7-3-2-4-8-13/h2-10H,11-12H2,1H3. The van der Waals surface area contributed by atoms with E-state index in [4.69, 9.17) is 9.84 Å². The summed E-state index contributed by atoms with van der Waals surface area (Å²) in [6.45, 7) is 0. The molecule has 4 aromatic rings. The average Bonchev–Trinajstić information content (AvgIpc) is 3.24. The van der Waals surface area contributed by atoms with Crippen LogP contribution in [0.4, 0.5) is 0 Å². The monoisotopic (exact) mass is 368 g/mol. The van der Waals surface area contributed by atoms with Crippen LogP contribution in [0, 0.1) is 0 Å². The SMILES string of the molecule is COc1ccccc1-c1nn2c(CSCc3ccccc3)nnc2s1. The molecule has 5 nitrogen and oxygen atoms in total. The van der Waals surface area contributed by atoms with Crippen LogP contribution in [0.1, 0.15) is 11.4 Å². The molecule has 0 aliphatic rings. The number of methoxy groups -OCH3 is 1. The van der Waals surface area contributed by atoms with Gasteiger partial charge in [0.2, 0.25) is 4.96 Å². The van der Waals surface area contributed by atoms with Crippen LogP contribution in [0.5, 0.6) is 5.75 Å². The molecular formula is C18H16N4OS2. The zero-order chi connectivity index (χ0) is 17.1. The molecule has 126 valence electrons. The molecule has 0 fully saturated rings. The first-order valence-electron chi connectivity index (χ1n) is 7.81. The number of nitrogens with zero attached hydrogens (tertiary/aromatic N) is 4. The molecule has 2 aromatic carbocycles. The van der Waals surface area contributed by atoms with Crippen LogP contribution in [0.2, 0.25) is 0 Å². The Bertz CT molecular complexity index is 981. The van der Waals surface area contributed by atoms with Crippen molar-refractivity contribution < 1.29 is 4.74 Å². The molecule has 0 aliphatic heterocycles. The Morgan fingerprint density at radius 1 is 1.00 bits per heavy atom. The van der Waals surface area contributed by atoms with Gasteiger partial charge in [-0.3, -0.25) is 0 Å². The highest BCUT2D eigenvalue weighted by atomic mass is 32.2. The molecule has 0 amide bonds. The first kappa shape index (κ1) is 16.1. The van der Waals surface area contributed by atoms with Crippen LogP contribution in [0.15, 0.2) is 54.6 Å². The third-order valence-electron chi connectivity index (χ3n) is 3.74. The predicted octanol–water partition coefficient (Wildman–Crippen LogP) is 4.29. The lowest BCUT2D eigenvalue weighted by Gasteiger charge is -2.04. The summed E-state index contributed by atoms with van der Waals surface area (Å²) in [5.41, 5.74) is 2.28. The molecule has 4 rings (SSSR count). The van der Waals surface area contributed by atoms with Gasteiger partial charge in [0, 0.05) is 5.75 Å². The molecule has 0 radical (unpaired) electrons. The highest BCUT2D eigenvalue weighted by Gasteiger charge is 2.15. The minimum absolute atomic E-state index is 0.769. The third-order valence-corrected chi connectivity index (χ3v) is 5.67. The fourth-order valence-electron chi connectivity index (χ4n) is 2.51. The van der Waals surface area contributed by atoms with E-state index in [1.54, 1.807) is 7.11 Å². The number of hydrogen-bond acceptors (Lipinski definition) is 6. The van der Waals surface area contributed by atoms with E-state index in [0.717, 1.165) is 38.6 Å². The van der Waals surface area contributed by atoms with E-state index in [2.05, 4.69) is 34.5 Å².